The van der Waals surface area contributed by atoms with Gasteiger partial charge >= 0.3 is 6.09 Å². The summed E-state index contributed by atoms with van der Waals surface area (Å²) in [6.45, 7) is 7.38. The highest BCUT2D eigenvalue weighted by Crippen LogP contribution is 2.37. The first-order chi connectivity index (χ1) is 11.7. The van der Waals surface area contributed by atoms with Crippen molar-refractivity contribution in [3.8, 4) is 5.75 Å². The SMILES string of the molecule is C[C@@H](NC(=O)OC(C)(C)C)c1cc(F)cc2c1OC(CCN=[N+]=[N-])C2. The molecule has 0 saturated carbocycles. The van der Waals surface area contributed by atoms with E-state index in [1.54, 1.807) is 27.7 Å². The molecule has 1 N–H and O–H groups in total. The van der Waals surface area contributed by atoms with Crippen LogP contribution in [0.25, 0.3) is 10.4 Å². The molecule has 136 valence electrons. The van der Waals surface area contributed by atoms with Gasteiger partial charge in [0.15, 0.2) is 0 Å². The molecule has 1 unspecified atom stereocenters. The molecule has 0 spiro atoms. The average molecular weight is 350 g/mol. The molecule has 0 bridgehead atoms. The van der Waals surface area contributed by atoms with Crippen LogP contribution in [0.2, 0.25) is 0 Å². The second kappa shape index (κ2) is 7.61. The van der Waals surface area contributed by atoms with E-state index in [4.69, 9.17) is 15.0 Å². The zero-order valence-electron chi connectivity index (χ0n) is 14.9. The van der Waals surface area contributed by atoms with Crippen LogP contribution in [0.1, 0.15) is 51.3 Å². The number of hydrogen-bond donors (Lipinski definition) is 1. The third kappa shape index (κ3) is 5.26. The normalized spacial score (nSPS) is 17.1. The Labute approximate surface area is 146 Å². The third-order valence-electron chi connectivity index (χ3n) is 3.71. The molecular weight excluding hydrogens is 327 g/mol. The molecule has 1 heterocycles. The van der Waals surface area contributed by atoms with Gasteiger partial charge in [-0.3, -0.25) is 0 Å². The zero-order valence-corrected chi connectivity index (χ0v) is 14.9. The van der Waals surface area contributed by atoms with Crippen molar-refractivity contribution in [1.82, 2.24) is 5.32 Å². The van der Waals surface area contributed by atoms with E-state index in [9.17, 15) is 9.18 Å². The Morgan fingerprint density at radius 2 is 2.28 bits per heavy atom. The van der Waals surface area contributed by atoms with Crippen molar-refractivity contribution in [3.05, 3.63) is 39.5 Å². The Balaban J connectivity index is 2.12. The monoisotopic (exact) mass is 350 g/mol. The molecule has 0 radical (unpaired) electrons. The summed E-state index contributed by atoms with van der Waals surface area (Å²) in [6.07, 6.45) is 0.346. The predicted octanol–water partition coefficient (Wildman–Crippen LogP) is 4.42. The summed E-state index contributed by atoms with van der Waals surface area (Å²) in [4.78, 5) is 14.7. The van der Waals surface area contributed by atoms with E-state index >= 15 is 0 Å². The lowest BCUT2D eigenvalue weighted by atomic mass is 10.0. The number of hydrogen-bond acceptors (Lipinski definition) is 4. The number of amides is 1. The van der Waals surface area contributed by atoms with E-state index in [0.29, 0.717) is 30.7 Å². The molecule has 0 saturated heterocycles. The lowest BCUT2D eigenvalue weighted by molar-refractivity contribution is 0.0507. The van der Waals surface area contributed by atoms with E-state index in [1.807, 2.05) is 0 Å². The largest absolute Gasteiger partial charge is 0.489 e. The summed E-state index contributed by atoms with van der Waals surface area (Å²) in [7, 11) is 0. The summed E-state index contributed by atoms with van der Waals surface area (Å²) in [5, 5.41) is 6.20. The number of alkyl carbamates (subject to hydrolysis) is 1. The van der Waals surface area contributed by atoms with Crippen LogP contribution < -0.4 is 10.1 Å². The minimum absolute atomic E-state index is 0.172. The van der Waals surface area contributed by atoms with Crippen LogP contribution in [0.15, 0.2) is 17.2 Å². The fraction of sp³-hybridized carbons (Fsp3) is 0.588. The summed E-state index contributed by atoms with van der Waals surface area (Å²) < 4.78 is 25.1. The third-order valence-corrected chi connectivity index (χ3v) is 3.71. The molecule has 2 rings (SSSR count). The van der Waals surface area contributed by atoms with Crippen molar-refractivity contribution in [2.45, 2.75) is 58.3 Å². The van der Waals surface area contributed by atoms with Crippen LogP contribution >= 0.6 is 0 Å². The number of nitrogens with one attached hydrogen (secondary N) is 1. The van der Waals surface area contributed by atoms with Gasteiger partial charge in [0.25, 0.3) is 0 Å². The lowest BCUT2D eigenvalue weighted by Gasteiger charge is -2.23. The van der Waals surface area contributed by atoms with Crippen molar-refractivity contribution >= 4 is 6.09 Å². The average Bonchev–Trinajstić information content (AvgIpc) is 2.86. The highest BCUT2D eigenvalue weighted by molar-refractivity contribution is 5.68. The summed E-state index contributed by atoms with van der Waals surface area (Å²) >= 11 is 0. The van der Waals surface area contributed by atoms with Gasteiger partial charge in [0, 0.05) is 29.0 Å². The Kier molecular flexibility index (Phi) is 5.74. The lowest BCUT2D eigenvalue weighted by Crippen LogP contribution is -2.34. The Morgan fingerprint density at radius 1 is 1.56 bits per heavy atom. The molecule has 1 aromatic rings. The number of fused-ring (bicyclic) bond motifs is 1. The molecule has 1 aliphatic heterocycles. The van der Waals surface area contributed by atoms with Crippen LogP contribution in [-0.4, -0.2) is 24.3 Å². The van der Waals surface area contributed by atoms with Crippen LogP contribution in [-0.2, 0) is 11.2 Å². The highest BCUT2D eigenvalue weighted by atomic mass is 19.1. The molecule has 0 aliphatic carbocycles. The van der Waals surface area contributed by atoms with E-state index < -0.39 is 17.7 Å². The second-order valence-corrected chi connectivity index (χ2v) is 7.04. The van der Waals surface area contributed by atoms with Gasteiger partial charge in [0.1, 0.15) is 23.3 Å². The molecule has 0 fully saturated rings. The molecule has 1 aliphatic rings. The quantitative estimate of drug-likeness (QED) is 0.484. The molecular formula is C17H23FN4O3. The number of ether oxygens (including phenoxy) is 2. The number of benzene rings is 1. The fourth-order valence-corrected chi connectivity index (χ4v) is 2.71. The van der Waals surface area contributed by atoms with Gasteiger partial charge in [0.2, 0.25) is 0 Å². The van der Waals surface area contributed by atoms with Gasteiger partial charge in [-0.05, 0) is 51.8 Å². The van der Waals surface area contributed by atoms with Crippen molar-refractivity contribution < 1.29 is 18.7 Å². The van der Waals surface area contributed by atoms with Crippen molar-refractivity contribution in [1.29, 1.82) is 0 Å². The zero-order chi connectivity index (χ0) is 18.6. The van der Waals surface area contributed by atoms with Crippen LogP contribution in [0, 0.1) is 5.82 Å². The number of azide groups is 1. The maximum absolute atomic E-state index is 14.0. The van der Waals surface area contributed by atoms with Gasteiger partial charge in [-0.15, -0.1) is 0 Å². The van der Waals surface area contributed by atoms with Gasteiger partial charge in [0.05, 0.1) is 6.04 Å². The van der Waals surface area contributed by atoms with Crippen LogP contribution in [0.4, 0.5) is 9.18 Å². The molecule has 8 heteroatoms. The highest BCUT2D eigenvalue weighted by Gasteiger charge is 2.29. The van der Waals surface area contributed by atoms with Crippen molar-refractivity contribution in [3.63, 3.8) is 0 Å². The molecule has 1 aromatic carbocycles. The number of nitrogens with zero attached hydrogens (tertiary/aromatic N) is 3. The van der Waals surface area contributed by atoms with Gasteiger partial charge < -0.3 is 14.8 Å². The van der Waals surface area contributed by atoms with E-state index in [0.717, 1.165) is 5.56 Å². The molecule has 0 aromatic heterocycles. The number of halogens is 1. The number of carbonyl (C=O) groups is 1. The van der Waals surface area contributed by atoms with Crippen LogP contribution in [0.3, 0.4) is 0 Å². The first kappa shape index (κ1) is 18.9. The minimum atomic E-state index is -0.615. The van der Waals surface area contributed by atoms with Gasteiger partial charge in [-0.25, -0.2) is 9.18 Å². The number of carbonyl (C=O) groups excluding carboxylic acids is 1. The standard InChI is InChI=1S/C17H23FN4O3/c1-10(21-16(23)25-17(2,3)4)14-9-12(18)7-11-8-13(24-15(11)14)5-6-20-22-19/h7,9-10,13H,5-6,8H2,1-4H3,(H,21,23)/t10-,13?/m1/s1. The summed E-state index contributed by atoms with van der Waals surface area (Å²) in [5.41, 5.74) is 9.04. The first-order valence-electron chi connectivity index (χ1n) is 8.19. The smallest absolute Gasteiger partial charge is 0.408 e. The van der Waals surface area contributed by atoms with Crippen LogP contribution in [0.5, 0.6) is 5.75 Å². The predicted molar refractivity (Wildman–Crippen MR) is 90.9 cm³/mol. The van der Waals surface area contributed by atoms with Gasteiger partial charge in [-0.1, -0.05) is 5.11 Å². The van der Waals surface area contributed by atoms with E-state index in [-0.39, 0.29) is 11.9 Å². The van der Waals surface area contributed by atoms with Crippen molar-refractivity contribution in [2.24, 2.45) is 5.11 Å². The van der Waals surface area contributed by atoms with E-state index in [2.05, 4.69) is 15.3 Å². The Morgan fingerprint density at radius 3 is 2.92 bits per heavy atom. The minimum Gasteiger partial charge on any atom is -0.489 e. The maximum Gasteiger partial charge on any atom is 0.408 e. The van der Waals surface area contributed by atoms with E-state index in [1.165, 1.54) is 12.1 Å². The fourth-order valence-electron chi connectivity index (χ4n) is 2.71. The van der Waals surface area contributed by atoms with Gasteiger partial charge in [-0.2, -0.15) is 0 Å². The summed E-state index contributed by atoms with van der Waals surface area (Å²) in [5.74, 6) is 0.196. The topological polar surface area (TPSA) is 96.3 Å². The first-order valence-corrected chi connectivity index (χ1v) is 8.19. The number of rotatable bonds is 5. The Bertz CT molecular complexity index is 696. The Hall–Kier alpha value is -2.47. The summed E-state index contributed by atoms with van der Waals surface area (Å²) in [6, 6.07) is 2.32. The molecule has 2 atom stereocenters. The maximum atomic E-state index is 14.0. The van der Waals surface area contributed by atoms with Crippen molar-refractivity contribution in [2.75, 3.05) is 6.54 Å². The molecule has 1 amide bonds. The molecule has 7 nitrogen and oxygen atoms in total. The second-order valence-electron chi connectivity index (χ2n) is 7.04. The molecule has 25 heavy (non-hydrogen) atoms.